The number of hydrogen-bond donors (Lipinski definition) is 3. The van der Waals surface area contributed by atoms with Crippen molar-refractivity contribution in [2.75, 3.05) is 26.3 Å². The zero-order valence-electron chi connectivity index (χ0n) is 24.1. The molecule has 2 aliphatic heterocycles. The van der Waals surface area contributed by atoms with Crippen LogP contribution in [-0.2, 0) is 9.47 Å². The van der Waals surface area contributed by atoms with Gasteiger partial charge in [-0.05, 0) is 115 Å². The van der Waals surface area contributed by atoms with Crippen molar-refractivity contribution >= 4 is 0 Å². The van der Waals surface area contributed by atoms with Gasteiger partial charge in [-0.25, -0.2) is 0 Å². The van der Waals surface area contributed by atoms with Gasteiger partial charge in [-0.2, -0.15) is 4.91 Å². The smallest absolute Gasteiger partial charge is 0.175 e. The first kappa shape index (κ1) is 30.3. The molecule has 220 valence electrons. The molecular formula is C30H54N2O6. The predicted molar refractivity (Wildman–Crippen MR) is 148 cm³/mol. The summed E-state index contributed by atoms with van der Waals surface area (Å²) < 4.78 is 12.3. The minimum atomic E-state index is -1.42. The van der Waals surface area contributed by atoms with Crippen LogP contribution < -0.4 is 0 Å². The highest BCUT2D eigenvalue weighted by Crippen LogP contribution is 2.51. The first-order valence-corrected chi connectivity index (χ1v) is 15.6. The molecule has 0 aromatic heterocycles. The Morgan fingerprint density at radius 1 is 1.08 bits per heavy atom. The summed E-state index contributed by atoms with van der Waals surface area (Å²) in [6, 6.07) is 0. The topological polar surface area (TPSA) is 112 Å². The fraction of sp³-hybridized carbons (Fsp3) is 1.00. The van der Waals surface area contributed by atoms with Crippen LogP contribution >= 0.6 is 0 Å². The fourth-order valence-corrected chi connectivity index (χ4v) is 8.84. The minimum absolute atomic E-state index is 0.0253. The summed E-state index contributed by atoms with van der Waals surface area (Å²) in [5.41, 5.74) is -0.848. The molecule has 0 aromatic rings. The molecule has 4 rings (SSSR count). The molecule has 0 amide bonds. The normalized spacial score (nSPS) is 40.1. The lowest BCUT2D eigenvalue weighted by Gasteiger charge is -2.46. The molecule has 8 heteroatoms. The van der Waals surface area contributed by atoms with E-state index in [-0.39, 0.29) is 36.4 Å². The number of hydrogen-bond acceptors (Lipinski definition) is 8. The van der Waals surface area contributed by atoms with Gasteiger partial charge in [0, 0.05) is 18.7 Å². The van der Waals surface area contributed by atoms with Crippen molar-refractivity contribution < 1.29 is 24.8 Å². The molecule has 2 aliphatic carbocycles. The van der Waals surface area contributed by atoms with Gasteiger partial charge in [-0.1, -0.05) is 24.9 Å². The summed E-state index contributed by atoms with van der Waals surface area (Å²) in [5.74, 6) is 1.92. The first-order valence-electron chi connectivity index (χ1n) is 15.6. The van der Waals surface area contributed by atoms with Crippen LogP contribution in [0.5, 0.6) is 0 Å². The first-order chi connectivity index (χ1) is 18.2. The van der Waals surface area contributed by atoms with E-state index in [9.17, 15) is 20.2 Å². The lowest BCUT2D eigenvalue weighted by molar-refractivity contribution is -0.133. The average molecular weight is 539 g/mol. The Bertz CT molecular complexity index is 742. The lowest BCUT2D eigenvalue weighted by Crippen LogP contribution is -2.57. The molecule has 4 aliphatic rings. The third-order valence-corrected chi connectivity index (χ3v) is 11.0. The summed E-state index contributed by atoms with van der Waals surface area (Å²) in [6.45, 7) is 9.42. The highest BCUT2D eigenvalue weighted by molar-refractivity contribution is 5.15. The fourth-order valence-electron chi connectivity index (χ4n) is 8.84. The molecule has 38 heavy (non-hydrogen) atoms. The van der Waals surface area contributed by atoms with Gasteiger partial charge in [0.15, 0.2) is 6.29 Å². The van der Waals surface area contributed by atoms with Crippen LogP contribution in [0.25, 0.3) is 0 Å². The standard InChI is InChI=1S/C30H54N2O6/c1-4-6-21-14-18-37-27-13-12-24(38-20-28(34)35)19-26(27)25(21)7-5-16-32-17-15-30(31-36,29(32,2)3)22-8-10-23(33)11-9-22/h21-28,33-35H,4-20H2,1-3H3. The number of nitroso groups, excluding NO2 is 1. The van der Waals surface area contributed by atoms with Gasteiger partial charge in [0.25, 0.3) is 0 Å². The van der Waals surface area contributed by atoms with E-state index in [0.717, 1.165) is 90.3 Å². The van der Waals surface area contributed by atoms with Gasteiger partial charge in [-0.3, -0.25) is 4.90 Å². The Balaban J connectivity index is 1.41. The number of fused-ring (bicyclic) bond motifs is 1. The van der Waals surface area contributed by atoms with E-state index in [1.54, 1.807) is 0 Å². The number of aliphatic hydroxyl groups is 3. The maximum atomic E-state index is 12.4. The number of likely N-dealkylation sites (tertiary alicyclic amines) is 1. The average Bonchev–Trinajstić information content (AvgIpc) is 3.03. The third-order valence-electron chi connectivity index (χ3n) is 11.0. The third kappa shape index (κ3) is 6.46. The van der Waals surface area contributed by atoms with Crippen LogP contribution in [0.15, 0.2) is 5.18 Å². The molecule has 3 N–H and O–H groups in total. The number of rotatable bonds is 11. The molecule has 2 saturated heterocycles. The maximum Gasteiger partial charge on any atom is 0.175 e. The predicted octanol–water partition coefficient (Wildman–Crippen LogP) is 4.62. The van der Waals surface area contributed by atoms with Crippen LogP contribution in [0.1, 0.15) is 104 Å². The Hall–Kier alpha value is -0.640. The Morgan fingerprint density at radius 3 is 2.53 bits per heavy atom. The van der Waals surface area contributed by atoms with Crippen molar-refractivity contribution in [1.29, 1.82) is 0 Å². The SMILES string of the molecule is CCCC1CCOC2CCC(OCC(O)O)CC2C1CCCN1CCC(N=O)(C2CCC(O)CC2)C1(C)C. The van der Waals surface area contributed by atoms with Gasteiger partial charge in [-0.15, -0.1) is 0 Å². The van der Waals surface area contributed by atoms with E-state index in [2.05, 4.69) is 30.8 Å². The van der Waals surface area contributed by atoms with Crippen molar-refractivity contribution in [2.24, 2.45) is 28.8 Å². The van der Waals surface area contributed by atoms with Crippen LogP contribution in [0.2, 0.25) is 0 Å². The molecule has 0 radical (unpaired) electrons. The quantitative estimate of drug-likeness (QED) is 0.260. The van der Waals surface area contributed by atoms with Gasteiger partial charge >= 0.3 is 0 Å². The highest BCUT2D eigenvalue weighted by Gasteiger charge is 2.59. The van der Waals surface area contributed by atoms with E-state index >= 15 is 0 Å². The molecule has 6 atom stereocenters. The van der Waals surface area contributed by atoms with Gasteiger partial charge in [0.05, 0.1) is 24.9 Å². The number of aliphatic hydroxyl groups excluding tert-OH is 2. The Kier molecular flexibility index (Phi) is 10.7. The monoisotopic (exact) mass is 538 g/mol. The van der Waals surface area contributed by atoms with Gasteiger partial charge in [0.1, 0.15) is 5.54 Å². The van der Waals surface area contributed by atoms with E-state index in [1.165, 1.54) is 12.8 Å². The van der Waals surface area contributed by atoms with Crippen molar-refractivity contribution in [1.82, 2.24) is 4.90 Å². The van der Waals surface area contributed by atoms with E-state index in [1.807, 2.05) is 0 Å². The maximum absolute atomic E-state index is 12.4. The largest absolute Gasteiger partial charge is 0.393 e. The van der Waals surface area contributed by atoms with Crippen LogP contribution in [0.3, 0.4) is 0 Å². The zero-order chi connectivity index (χ0) is 27.3. The number of ether oxygens (including phenoxy) is 2. The molecule has 2 saturated carbocycles. The molecule has 0 spiro atoms. The lowest BCUT2D eigenvalue weighted by atomic mass is 9.66. The van der Waals surface area contributed by atoms with Crippen LogP contribution in [-0.4, -0.2) is 82.2 Å². The van der Waals surface area contributed by atoms with Crippen LogP contribution in [0.4, 0.5) is 0 Å². The summed E-state index contributed by atoms with van der Waals surface area (Å²) in [5, 5.41) is 32.5. The van der Waals surface area contributed by atoms with Crippen molar-refractivity contribution in [3.63, 3.8) is 0 Å². The molecule has 4 fully saturated rings. The molecule has 6 unspecified atom stereocenters. The molecule has 0 bridgehead atoms. The van der Waals surface area contributed by atoms with Gasteiger partial charge < -0.3 is 24.8 Å². The van der Waals surface area contributed by atoms with E-state index in [4.69, 9.17) is 9.47 Å². The van der Waals surface area contributed by atoms with Crippen molar-refractivity contribution in [2.45, 2.75) is 140 Å². The Morgan fingerprint density at radius 2 is 1.84 bits per heavy atom. The summed E-state index contributed by atoms with van der Waals surface area (Å²) >= 11 is 0. The second-order valence-electron chi connectivity index (χ2n) is 13.3. The second kappa shape index (κ2) is 13.3. The summed E-state index contributed by atoms with van der Waals surface area (Å²) in [7, 11) is 0. The van der Waals surface area contributed by atoms with Crippen molar-refractivity contribution in [3.8, 4) is 0 Å². The van der Waals surface area contributed by atoms with E-state index < -0.39 is 11.8 Å². The van der Waals surface area contributed by atoms with Gasteiger partial charge in [0.2, 0.25) is 0 Å². The van der Waals surface area contributed by atoms with Crippen LogP contribution in [0, 0.1) is 28.6 Å². The molecule has 8 nitrogen and oxygen atoms in total. The summed E-state index contributed by atoms with van der Waals surface area (Å²) in [4.78, 5) is 15.0. The molecular weight excluding hydrogens is 484 g/mol. The molecule has 0 aromatic carbocycles. The second-order valence-corrected chi connectivity index (χ2v) is 13.3. The minimum Gasteiger partial charge on any atom is -0.393 e. The summed E-state index contributed by atoms with van der Waals surface area (Å²) in [6.07, 6.45) is 11.5. The number of nitrogens with zero attached hydrogens (tertiary/aromatic N) is 2. The zero-order valence-corrected chi connectivity index (χ0v) is 24.1. The van der Waals surface area contributed by atoms with Crippen molar-refractivity contribution in [3.05, 3.63) is 4.91 Å². The molecule has 2 heterocycles. The highest BCUT2D eigenvalue weighted by atomic mass is 16.5. The Labute approximate surface area is 229 Å². The van der Waals surface area contributed by atoms with E-state index in [0.29, 0.717) is 17.8 Å².